The molecule has 12 rings (SSSR count). The minimum Gasteiger partial charge on any atom is -0.309 e. The molecule has 284 valence electrons. The van der Waals surface area contributed by atoms with E-state index in [0.29, 0.717) is 0 Å². The van der Waals surface area contributed by atoms with Crippen LogP contribution in [0.3, 0.4) is 0 Å². The van der Waals surface area contributed by atoms with Gasteiger partial charge in [0.25, 0.3) is 0 Å². The highest BCUT2D eigenvalue weighted by Crippen LogP contribution is 2.44. The number of fused-ring (bicyclic) bond motifs is 6. The number of hydrogen-bond donors (Lipinski definition) is 0. The lowest BCUT2D eigenvalue weighted by molar-refractivity contribution is 1.18. The second kappa shape index (κ2) is 14.4. The molecule has 61 heavy (non-hydrogen) atoms. The molecule has 0 aliphatic carbocycles. The first-order chi connectivity index (χ1) is 30.3. The molecular formula is C60H39N. The zero-order chi connectivity index (χ0) is 40.3. The van der Waals surface area contributed by atoms with Gasteiger partial charge >= 0.3 is 0 Å². The molecule has 0 atom stereocenters. The van der Waals surface area contributed by atoms with Crippen LogP contribution in [0.5, 0.6) is 0 Å². The van der Waals surface area contributed by atoms with Gasteiger partial charge in [0.2, 0.25) is 0 Å². The third-order valence-electron chi connectivity index (χ3n) is 12.6. The smallest absolute Gasteiger partial charge is 0.0541 e. The quantitative estimate of drug-likeness (QED) is 0.148. The maximum absolute atomic E-state index is 2.41. The molecule has 0 N–H and O–H groups in total. The van der Waals surface area contributed by atoms with Crippen molar-refractivity contribution in [3.8, 4) is 61.3 Å². The molecule has 0 spiro atoms. The van der Waals surface area contributed by atoms with Crippen LogP contribution >= 0.6 is 0 Å². The van der Waals surface area contributed by atoms with Crippen molar-refractivity contribution in [2.24, 2.45) is 0 Å². The monoisotopic (exact) mass is 773 g/mol. The van der Waals surface area contributed by atoms with Gasteiger partial charge in [0.15, 0.2) is 0 Å². The van der Waals surface area contributed by atoms with Gasteiger partial charge in [0, 0.05) is 16.5 Å². The highest BCUT2D eigenvalue weighted by molar-refractivity contribution is 6.21. The molecule has 0 unspecified atom stereocenters. The Morgan fingerprint density at radius 2 is 0.656 bits per heavy atom. The number of para-hydroxylation sites is 1. The van der Waals surface area contributed by atoms with Gasteiger partial charge < -0.3 is 4.57 Å². The van der Waals surface area contributed by atoms with Gasteiger partial charge in [-0.3, -0.25) is 0 Å². The van der Waals surface area contributed by atoms with Crippen molar-refractivity contribution < 1.29 is 0 Å². The van der Waals surface area contributed by atoms with E-state index in [4.69, 9.17) is 0 Å². The molecule has 11 aromatic carbocycles. The zero-order valence-corrected chi connectivity index (χ0v) is 33.5. The molecule has 0 saturated heterocycles. The number of hydrogen-bond acceptors (Lipinski definition) is 0. The van der Waals surface area contributed by atoms with Gasteiger partial charge in [0.05, 0.1) is 11.0 Å². The second-order valence-electron chi connectivity index (χ2n) is 16.0. The third kappa shape index (κ3) is 5.86. The summed E-state index contributed by atoms with van der Waals surface area (Å²) in [6.07, 6.45) is 0. The Bertz CT molecular complexity index is 3530. The summed E-state index contributed by atoms with van der Waals surface area (Å²) in [6.45, 7) is 0. The maximum Gasteiger partial charge on any atom is 0.0541 e. The standard InChI is InChI=1S/C60H39N/c1-2-14-45(15-3-1)59-52-19-6-8-21-54(52)60(55-22-9-7-20-53(55)59)46-33-36-48(37-34-46)61-57-24-11-10-18-51(57)56-39-47(35-38-58(56)61)42-27-25-40(26-28-42)41-29-31-44(32-30-41)50-23-12-16-43-13-4-5-17-49(43)50/h1-39H. The van der Waals surface area contributed by atoms with Gasteiger partial charge in [-0.05, 0) is 118 Å². The lowest BCUT2D eigenvalue weighted by atomic mass is 9.86. The Balaban J connectivity index is 0.894. The van der Waals surface area contributed by atoms with Gasteiger partial charge in [-0.15, -0.1) is 0 Å². The van der Waals surface area contributed by atoms with Crippen molar-refractivity contribution in [3.63, 3.8) is 0 Å². The van der Waals surface area contributed by atoms with Crippen molar-refractivity contribution in [1.29, 1.82) is 0 Å². The molecule has 0 radical (unpaired) electrons. The van der Waals surface area contributed by atoms with Gasteiger partial charge in [-0.25, -0.2) is 0 Å². The summed E-state index contributed by atoms with van der Waals surface area (Å²) >= 11 is 0. The van der Waals surface area contributed by atoms with Gasteiger partial charge in [-0.2, -0.15) is 0 Å². The predicted octanol–water partition coefficient (Wildman–Crippen LogP) is 16.6. The van der Waals surface area contributed by atoms with E-state index >= 15 is 0 Å². The largest absolute Gasteiger partial charge is 0.309 e. The number of rotatable bonds is 6. The maximum atomic E-state index is 2.41. The van der Waals surface area contributed by atoms with Crippen LogP contribution in [-0.4, -0.2) is 4.57 Å². The fraction of sp³-hybridized carbons (Fsp3) is 0. The average molecular weight is 774 g/mol. The van der Waals surface area contributed by atoms with E-state index in [-0.39, 0.29) is 0 Å². The van der Waals surface area contributed by atoms with Crippen molar-refractivity contribution in [1.82, 2.24) is 4.57 Å². The zero-order valence-electron chi connectivity index (χ0n) is 33.5. The molecule has 1 nitrogen and oxygen atoms in total. The first-order valence-electron chi connectivity index (χ1n) is 21.1. The Hall–Kier alpha value is -8.00. The van der Waals surface area contributed by atoms with E-state index in [1.807, 2.05) is 0 Å². The average Bonchev–Trinajstić information content (AvgIpc) is 3.67. The fourth-order valence-electron chi connectivity index (χ4n) is 9.74. The van der Waals surface area contributed by atoms with Crippen LogP contribution in [0, 0.1) is 0 Å². The van der Waals surface area contributed by atoms with Crippen molar-refractivity contribution >= 4 is 54.1 Å². The lowest BCUT2D eigenvalue weighted by Gasteiger charge is -2.18. The minimum absolute atomic E-state index is 1.15. The first-order valence-corrected chi connectivity index (χ1v) is 21.1. The highest BCUT2D eigenvalue weighted by Gasteiger charge is 2.18. The third-order valence-corrected chi connectivity index (χ3v) is 12.6. The van der Waals surface area contributed by atoms with E-state index in [9.17, 15) is 0 Å². The predicted molar refractivity (Wildman–Crippen MR) is 260 cm³/mol. The number of benzene rings is 11. The van der Waals surface area contributed by atoms with E-state index in [2.05, 4.69) is 241 Å². The summed E-state index contributed by atoms with van der Waals surface area (Å²) in [5, 5.41) is 10.1. The highest BCUT2D eigenvalue weighted by atomic mass is 15.0. The van der Waals surface area contributed by atoms with Crippen LogP contribution in [0.1, 0.15) is 0 Å². The summed E-state index contributed by atoms with van der Waals surface area (Å²) in [5.74, 6) is 0. The SMILES string of the molecule is c1ccc(-c2c3ccccc3c(-c3ccc(-n4c5ccccc5c5cc(-c6ccc(-c7ccc(-c8cccc9ccccc89)cc7)cc6)ccc54)cc3)c3ccccc23)cc1. The Kier molecular flexibility index (Phi) is 8.25. The molecule has 0 aliphatic heterocycles. The van der Waals surface area contributed by atoms with Crippen molar-refractivity contribution in [3.05, 3.63) is 237 Å². The topological polar surface area (TPSA) is 4.93 Å². The van der Waals surface area contributed by atoms with E-state index in [1.165, 1.54) is 110 Å². The number of nitrogens with zero attached hydrogens (tertiary/aromatic N) is 1. The Morgan fingerprint density at radius 3 is 1.28 bits per heavy atom. The van der Waals surface area contributed by atoms with Crippen LogP contribution in [0.25, 0.3) is 115 Å². The molecule has 0 amide bonds. The van der Waals surface area contributed by atoms with Crippen molar-refractivity contribution in [2.45, 2.75) is 0 Å². The fourth-order valence-corrected chi connectivity index (χ4v) is 9.74. The molecular weight excluding hydrogens is 735 g/mol. The van der Waals surface area contributed by atoms with Crippen LogP contribution < -0.4 is 0 Å². The van der Waals surface area contributed by atoms with Crippen LogP contribution in [-0.2, 0) is 0 Å². The summed E-state index contributed by atoms with van der Waals surface area (Å²) in [7, 11) is 0. The van der Waals surface area contributed by atoms with E-state index in [1.54, 1.807) is 0 Å². The van der Waals surface area contributed by atoms with E-state index in [0.717, 1.165) is 5.69 Å². The van der Waals surface area contributed by atoms with Gasteiger partial charge in [-0.1, -0.05) is 206 Å². The van der Waals surface area contributed by atoms with Crippen molar-refractivity contribution in [2.75, 3.05) is 0 Å². The molecule has 1 aromatic heterocycles. The summed E-state index contributed by atoms with van der Waals surface area (Å²) in [4.78, 5) is 0. The van der Waals surface area contributed by atoms with Crippen LogP contribution in [0.15, 0.2) is 237 Å². The summed E-state index contributed by atoms with van der Waals surface area (Å²) in [6, 6.07) is 86.6. The van der Waals surface area contributed by atoms with E-state index < -0.39 is 0 Å². The molecule has 0 saturated carbocycles. The Labute approximate surface area is 355 Å². The van der Waals surface area contributed by atoms with Gasteiger partial charge in [0.1, 0.15) is 0 Å². The molecule has 12 aromatic rings. The molecule has 0 aliphatic rings. The summed E-state index contributed by atoms with van der Waals surface area (Å²) in [5.41, 5.74) is 15.9. The van der Waals surface area contributed by atoms with Crippen LogP contribution in [0.4, 0.5) is 0 Å². The normalized spacial score (nSPS) is 11.6. The molecule has 0 bridgehead atoms. The molecule has 1 heteroatoms. The Morgan fingerprint density at radius 1 is 0.230 bits per heavy atom. The number of aromatic nitrogens is 1. The second-order valence-corrected chi connectivity index (χ2v) is 16.0. The summed E-state index contributed by atoms with van der Waals surface area (Å²) < 4.78 is 2.41. The molecule has 1 heterocycles. The molecule has 0 fully saturated rings. The first kappa shape index (κ1) is 35.0. The minimum atomic E-state index is 1.15. The lowest BCUT2D eigenvalue weighted by Crippen LogP contribution is -1.94. The van der Waals surface area contributed by atoms with Crippen LogP contribution in [0.2, 0.25) is 0 Å².